The van der Waals surface area contributed by atoms with Gasteiger partial charge in [0.05, 0.1) is 9.99 Å². The Morgan fingerprint density at radius 1 is 1.54 bits per heavy atom. The Kier molecular flexibility index (Phi) is 2.07. The zero-order valence-corrected chi connectivity index (χ0v) is 8.68. The highest BCUT2D eigenvalue weighted by Gasteiger charge is 2.04. The van der Waals surface area contributed by atoms with Crippen molar-refractivity contribution in [2.24, 2.45) is 0 Å². The van der Waals surface area contributed by atoms with E-state index in [1.165, 1.54) is 6.07 Å². The minimum Gasteiger partial charge on any atom is -0.272 e. The first-order chi connectivity index (χ1) is 6.20. The van der Waals surface area contributed by atoms with Crippen LogP contribution in [0.1, 0.15) is 6.92 Å². The molecule has 1 aromatic heterocycles. The van der Waals surface area contributed by atoms with Crippen LogP contribution in [0.15, 0.2) is 22.8 Å². The summed E-state index contributed by atoms with van der Waals surface area (Å²) in [5.74, 6) is -0.247. The van der Waals surface area contributed by atoms with Crippen LogP contribution in [0.4, 0.5) is 4.39 Å². The first-order valence-electron chi connectivity index (χ1n) is 4.03. The Hall–Kier alpha value is -0.900. The maximum atomic E-state index is 13.1. The lowest BCUT2D eigenvalue weighted by Gasteiger charge is -1.91. The zero-order valence-electron chi connectivity index (χ0n) is 7.09. The average Bonchev–Trinajstić information content (AvgIpc) is 2.48. The molecule has 0 aliphatic carbocycles. The summed E-state index contributed by atoms with van der Waals surface area (Å²) >= 11 is 3.12. The number of halogens is 2. The lowest BCUT2D eigenvalue weighted by Crippen LogP contribution is -1.92. The quantitative estimate of drug-likeness (QED) is 0.752. The number of benzene rings is 1. The van der Waals surface area contributed by atoms with Gasteiger partial charge in [0.15, 0.2) is 0 Å². The molecule has 2 aromatic rings. The monoisotopic (exact) mass is 242 g/mol. The van der Waals surface area contributed by atoms with Gasteiger partial charge >= 0.3 is 0 Å². The van der Waals surface area contributed by atoms with E-state index >= 15 is 0 Å². The molecule has 0 aliphatic heterocycles. The van der Waals surface area contributed by atoms with Crippen LogP contribution in [-0.2, 0) is 6.54 Å². The third-order valence-corrected chi connectivity index (χ3v) is 2.53. The average molecular weight is 243 g/mol. The molecule has 0 radical (unpaired) electrons. The van der Waals surface area contributed by atoms with E-state index in [4.69, 9.17) is 0 Å². The Labute approximate surface area is 83.5 Å². The summed E-state index contributed by atoms with van der Waals surface area (Å²) in [6, 6.07) is 3.18. The van der Waals surface area contributed by atoms with Crippen LogP contribution in [0.5, 0.6) is 0 Å². The normalized spacial score (nSPS) is 11.0. The molecule has 0 saturated carbocycles. The minimum absolute atomic E-state index is 0.247. The van der Waals surface area contributed by atoms with Crippen molar-refractivity contribution in [3.05, 3.63) is 28.6 Å². The summed E-state index contributed by atoms with van der Waals surface area (Å²) < 4.78 is 15.3. The fourth-order valence-corrected chi connectivity index (χ4v) is 1.56. The number of hydrogen-bond donors (Lipinski definition) is 0. The molecule has 1 aromatic carbocycles. The van der Waals surface area contributed by atoms with Crippen molar-refractivity contribution in [1.82, 2.24) is 9.78 Å². The summed E-state index contributed by atoms with van der Waals surface area (Å²) in [5.41, 5.74) is 0.815. The van der Waals surface area contributed by atoms with E-state index in [-0.39, 0.29) is 5.82 Å². The summed E-state index contributed by atoms with van der Waals surface area (Å²) in [5, 5.41) is 5.09. The van der Waals surface area contributed by atoms with E-state index in [1.807, 2.05) is 13.1 Å². The fraction of sp³-hybridized carbons (Fsp3) is 0.222. The first-order valence-corrected chi connectivity index (χ1v) is 4.82. The molecule has 1 heterocycles. The zero-order chi connectivity index (χ0) is 9.42. The van der Waals surface area contributed by atoms with Gasteiger partial charge in [0, 0.05) is 18.1 Å². The number of aromatic nitrogens is 2. The van der Waals surface area contributed by atoms with Crippen molar-refractivity contribution in [3.8, 4) is 0 Å². The van der Waals surface area contributed by atoms with Crippen LogP contribution in [0, 0.1) is 5.82 Å². The topological polar surface area (TPSA) is 17.8 Å². The predicted molar refractivity (Wildman–Crippen MR) is 53.1 cm³/mol. The van der Waals surface area contributed by atoms with Gasteiger partial charge in [0.1, 0.15) is 5.82 Å². The Morgan fingerprint density at radius 3 is 3.00 bits per heavy atom. The molecule has 0 saturated heterocycles. The van der Waals surface area contributed by atoms with Crippen molar-refractivity contribution in [2.75, 3.05) is 0 Å². The lowest BCUT2D eigenvalue weighted by atomic mass is 10.2. The molecule has 2 nitrogen and oxygen atoms in total. The fourth-order valence-electron chi connectivity index (χ4n) is 1.23. The van der Waals surface area contributed by atoms with Gasteiger partial charge in [-0.1, -0.05) is 0 Å². The van der Waals surface area contributed by atoms with E-state index in [1.54, 1.807) is 10.7 Å². The lowest BCUT2D eigenvalue weighted by molar-refractivity contribution is 0.623. The van der Waals surface area contributed by atoms with E-state index < -0.39 is 0 Å². The van der Waals surface area contributed by atoms with Crippen LogP contribution in [0.25, 0.3) is 10.9 Å². The van der Waals surface area contributed by atoms with Crippen molar-refractivity contribution < 1.29 is 4.39 Å². The van der Waals surface area contributed by atoms with E-state index in [0.717, 1.165) is 17.4 Å². The number of hydrogen-bond acceptors (Lipinski definition) is 1. The SMILES string of the molecule is CCn1cc2cc(F)c(Br)cc2n1. The smallest absolute Gasteiger partial charge is 0.138 e. The molecule has 0 N–H and O–H groups in total. The Balaban J connectivity index is 2.70. The summed E-state index contributed by atoms with van der Waals surface area (Å²) in [4.78, 5) is 0. The molecular weight excluding hydrogens is 235 g/mol. The second-order valence-electron chi connectivity index (χ2n) is 2.81. The Morgan fingerprint density at radius 2 is 2.31 bits per heavy atom. The van der Waals surface area contributed by atoms with Crippen LogP contribution in [-0.4, -0.2) is 9.78 Å². The molecule has 0 spiro atoms. The second kappa shape index (κ2) is 3.10. The molecule has 68 valence electrons. The highest BCUT2D eigenvalue weighted by molar-refractivity contribution is 9.10. The molecule has 0 amide bonds. The Bertz CT molecular complexity index is 411. The van der Waals surface area contributed by atoms with Gasteiger partial charge in [-0.25, -0.2) is 4.39 Å². The van der Waals surface area contributed by atoms with Crippen LogP contribution >= 0.6 is 15.9 Å². The number of rotatable bonds is 1. The van der Waals surface area contributed by atoms with Crippen molar-refractivity contribution >= 4 is 26.8 Å². The molecule has 4 heteroatoms. The molecule has 0 aliphatic rings. The number of fused-ring (bicyclic) bond motifs is 1. The highest BCUT2D eigenvalue weighted by Crippen LogP contribution is 2.22. The maximum absolute atomic E-state index is 13.1. The van der Waals surface area contributed by atoms with Crippen LogP contribution in [0.3, 0.4) is 0 Å². The van der Waals surface area contributed by atoms with Gasteiger partial charge in [0.2, 0.25) is 0 Å². The van der Waals surface area contributed by atoms with Gasteiger partial charge in [-0.05, 0) is 35.0 Å². The van der Waals surface area contributed by atoms with Crippen molar-refractivity contribution in [3.63, 3.8) is 0 Å². The van der Waals surface area contributed by atoms with E-state index in [9.17, 15) is 4.39 Å². The third kappa shape index (κ3) is 1.46. The minimum atomic E-state index is -0.247. The summed E-state index contributed by atoms with van der Waals surface area (Å²) in [6.45, 7) is 2.80. The molecule has 0 bridgehead atoms. The van der Waals surface area contributed by atoms with E-state index in [2.05, 4.69) is 21.0 Å². The standard InChI is InChI=1S/C9H8BrFN2/c1-2-13-5-6-3-8(11)7(10)4-9(6)12-13/h3-5H,2H2,1H3. The number of nitrogens with zero attached hydrogens (tertiary/aromatic N) is 2. The van der Waals surface area contributed by atoms with Crippen LogP contribution < -0.4 is 0 Å². The molecule has 0 unspecified atom stereocenters. The molecule has 13 heavy (non-hydrogen) atoms. The van der Waals surface area contributed by atoms with E-state index in [0.29, 0.717) is 4.47 Å². The van der Waals surface area contributed by atoms with Crippen molar-refractivity contribution in [2.45, 2.75) is 13.5 Å². The van der Waals surface area contributed by atoms with Gasteiger partial charge in [-0.3, -0.25) is 4.68 Å². The molecular formula is C9H8BrFN2. The first kappa shape index (κ1) is 8.69. The molecule has 2 rings (SSSR count). The van der Waals surface area contributed by atoms with Crippen molar-refractivity contribution in [1.29, 1.82) is 0 Å². The van der Waals surface area contributed by atoms with Gasteiger partial charge in [-0.15, -0.1) is 0 Å². The van der Waals surface area contributed by atoms with Gasteiger partial charge in [-0.2, -0.15) is 5.10 Å². The van der Waals surface area contributed by atoms with Gasteiger partial charge < -0.3 is 0 Å². The second-order valence-corrected chi connectivity index (χ2v) is 3.66. The summed E-state index contributed by atoms with van der Waals surface area (Å²) in [6.07, 6.45) is 1.84. The molecule has 0 fully saturated rings. The maximum Gasteiger partial charge on any atom is 0.138 e. The predicted octanol–water partition coefficient (Wildman–Crippen LogP) is 2.96. The largest absolute Gasteiger partial charge is 0.272 e. The molecule has 0 atom stereocenters. The summed E-state index contributed by atoms with van der Waals surface area (Å²) in [7, 11) is 0. The van der Waals surface area contributed by atoms with Crippen LogP contribution in [0.2, 0.25) is 0 Å². The third-order valence-electron chi connectivity index (χ3n) is 1.92. The number of aryl methyl sites for hydroxylation is 1. The highest BCUT2D eigenvalue weighted by atomic mass is 79.9. The van der Waals surface area contributed by atoms with Gasteiger partial charge in [0.25, 0.3) is 0 Å².